The molecule has 0 fully saturated rings. The quantitative estimate of drug-likeness (QED) is 0.721. The maximum absolute atomic E-state index is 13.1. The van der Waals surface area contributed by atoms with Gasteiger partial charge in [0.05, 0.1) is 16.3 Å². The zero-order chi connectivity index (χ0) is 11.8. The van der Waals surface area contributed by atoms with Crippen molar-refractivity contribution in [3.63, 3.8) is 0 Å². The van der Waals surface area contributed by atoms with Crippen molar-refractivity contribution in [3.8, 4) is 0 Å². The van der Waals surface area contributed by atoms with Crippen molar-refractivity contribution in [2.75, 3.05) is 5.73 Å². The Balaban J connectivity index is 0.00000225. The van der Waals surface area contributed by atoms with Crippen LogP contribution in [0.25, 0.3) is 0 Å². The lowest BCUT2D eigenvalue weighted by Crippen LogP contribution is -2.26. The second kappa shape index (κ2) is 4.82. The lowest BCUT2D eigenvalue weighted by Gasteiger charge is -2.15. The first-order valence-electron chi connectivity index (χ1n) is 3.63. The number of benzene rings is 1. The molecule has 0 atom stereocenters. The first kappa shape index (κ1) is 14.9. The van der Waals surface area contributed by atoms with E-state index >= 15 is 0 Å². The highest BCUT2D eigenvalue weighted by molar-refractivity contribution is 6.36. The van der Waals surface area contributed by atoms with Crippen molar-refractivity contribution >= 4 is 34.9 Å². The average molecular weight is 273 g/mol. The summed E-state index contributed by atoms with van der Waals surface area (Å²) in [6.45, 7) is 0. The topological polar surface area (TPSA) is 98.3 Å². The monoisotopic (exact) mass is 272 g/mol. The number of aliphatic carboxylic acids is 1. The predicted octanol–water partition coefficient (Wildman–Crippen LogP) is 2.91. The summed E-state index contributed by atoms with van der Waals surface area (Å²) in [6.07, 6.45) is 0. The normalized spacial score (nSPS) is 10.8. The van der Waals surface area contributed by atoms with Gasteiger partial charge in [-0.05, 0) is 12.1 Å². The fourth-order valence-electron chi connectivity index (χ4n) is 0.960. The van der Waals surface area contributed by atoms with Gasteiger partial charge in [0.2, 0.25) is 0 Å². The fraction of sp³-hybridized carbons (Fsp3) is 0.125. The number of carboxylic acid groups (broad SMARTS) is 1. The van der Waals surface area contributed by atoms with Gasteiger partial charge < -0.3 is 17.0 Å². The van der Waals surface area contributed by atoms with Gasteiger partial charge in [-0.25, -0.2) is 4.79 Å². The van der Waals surface area contributed by atoms with Crippen molar-refractivity contribution in [1.29, 1.82) is 0 Å². The lowest BCUT2D eigenvalue weighted by molar-refractivity contribution is -0.166. The Labute approximate surface area is 99.5 Å². The third-order valence-electron chi connectivity index (χ3n) is 1.70. The molecule has 0 bridgehead atoms. The molecule has 0 aliphatic carbocycles. The summed E-state index contributed by atoms with van der Waals surface area (Å²) in [5, 5.41) is 7.99. The molecular formula is C8H8Cl2F2N2O2. The minimum atomic E-state index is -4.11. The van der Waals surface area contributed by atoms with E-state index in [0.29, 0.717) is 0 Å². The van der Waals surface area contributed by atoms with Crippen molar-refractivity contribution in [2.24, 2.45) is 0 Å². The highest BCUT2D eigenvalue weighted by atomic mass is 35.5. The number of alkyl halides is 2. The molecular weight excluding hydrogens is 265 g/mol. The van der Waals surface area contributed by atoms with Gasteiger partial charge in [-0.1, -0.05) is 23.2 Å². The van der Waals surface area contributed by atoms with Gasteiger partial charge in [-0.2, -0.15) is 8.78 Å². The highest BCUT2D eigenvalue weighted by Gasteiger charge is 2.43. The Morgan fingerprint density at radius 1 is 1.38 bits per heavy atom. The molecule has 1 aromatic rings. The van der Waals surface area contributed by atoms with E-state index in [1.807, 2.05) is 0 Å². The van der Waals surface area contributed by atoms with Gasteiger partial charge in [0.15, 0.2) is 0 Å². The summed E-state index contributed by atoms with van der Waals surface area (Å²) in [5.41, 5.74) is 3.84. The number of nitrogens with two attached hydrogens (primary N) is 1. The minimum absolute atomic E-state index is 0. The number of nitrogen functional groups attached to an aromatic ring is 1. The molecule has 0 saturated heterocycles. The Morgan fingerprint density at radius 2 is 1.88 bits per heavy atom. The summed E-state index contributed by atoms with van der Waals surface area (Å²) >= 11 is 11.0. The molecule has 0 aliphatic rings. The van der Waals surface area contributed by atoms with Gasteiger partial charge in [-0.15, -0.1) is 0 Å². The van der Waals surface area contributed by atoms with E-state index in [9.17, 15) is 13.6 Å². The van der Waals surface area contributed by atoms with Crippen molar-refractivity contribution < 1.29 is 18.7 Å². The molecule has 16 heavy (non-hydrogen) atoms. The lowest BCUT2D eigenvalue weighted by atomic mass is 10.1. The zero-order valence-electron chi connectivity index (χ0n) is 7.81. The summed E-state index contributed by atoms with van der Waals surface area (Å²) < 4.78 is 26.2. The molecule has 0 unspecified atom stereocenters. The summed E-state index contributed by atoms with van der Waals surface area (Å²) in [5.74, 6) is -6.42. The molecule has 0 radical (unpaired) electrons. The van der Waals surface area contributed by atoms with Crippen molar-refractivity contribution in [3.05, 3.63) is 27.7 Å². The van der Waals surface area contributed by atoms with Gasteiger partial charge >= 0.3 is 11.9 Å². The van der Waals surface area contributed by atoms with Gasteiger partial charge in [0.1, 0.15) is 0 Å². The molecule has 90 valence electrons. The van der Waals surface area contributed by atoms with Crippen LogP contribution >= 0.6 is 23.2 Å². The molecule has 0 spiro atoms. The Hall–Kier alpha value is -1.11. The Kier molecular flexibility index (Phi) is 4.48. The van der Waals surface area contributed by atoms with E-state index in [2.05, 4.69) is 0 Å². The zero-order valence-corrected chi connectivity index (χ0v) is 9.32. The Morgan fingerprint density at radius 3 is 2.31 bits per heavy atom. The maximum atomic E-state index is 13.1. The molecule has 0 saturated carbocycles. The van der Waals surface area contributed by atoms with Crippen LogP contribution < -0.4 is 11.9 Å². The molecule has 0 aliphatic heterocycles. The fourth-order valence-corrected chi connectivity index (χ4v) is 1.45. The number of carbonyl (C=O) groups is 1. The van der Waals surface area contributed by atoms with Gasteiger partial charge in [-0.3, -0.25) is 0 Å². The van der Waals surface area contributed by atoms with Crippen LogP contribution in [0, 0.1) is 0 Å². The van der Waals surface area contributed by atoms with E-state index in [4.69, 9.17) is 34.0 Å². The van der Waals surface area contributed by atoms with Crippen molar-refractivity contribution in [1.82, 2.24) is 6.15 Å². The first-order chi connectivity index (χ1) is 6.76. The maximum Gasteiger partial charge on any atom is 0.379 e. The van der Waals surface area contributed by atoms with Crippen LogP contribution in [0.2, 0.25) is 10.0 Å². The van der Waals surface area contributed by atoms with Crippen LogP contribution in [0.5, 0.6) is 0 Å². The minimum Gasteiger partial charge on any atom is -0.477 e. The first-order valence-corrected chi connectivity index (χ1v) is 4.38. The third-order valence-corrected chi connectivity index (χ3v) is 2.23. The molecule has 8 heteroatoms. The smallest absolute Gasteiger partial charge is 0.379 e. The third kappa shape index (κ3) is 2.52. The molecule has 4 nitrogen and oxygen atoms in total. The largest absolute Gasteiger partial charge is 0.477 e. The number of halogens is 4. The van der Waals surface area contributed by atoms with Gasteiger partial charge in [0, 0.05) is 5.02 Å². The Bertz CT molecular complexity index is 427. The standard InChI is InChI=1S/C8H5Cl2F2NO2.H3N/c9-3-1-4(6(13)5(10)2-3)8(11,12)7(14)15;/h1-2H,13H2,(H,14,15);1H3. The van der Waals surface area contributed by atoms with E-state index in [0.717, 1.165) is 12.1 Å². The molecule has 0 amide bonds. The summed E-state index contributed by atoms with van der Waals surface area (Å²) in [4.78, 5) is 10.3. The van der Waals surface area contributed by atoms with E-state index in [1.165, 1.54) is 0 Å². The molecule has 1 rings (SSSR count). The van der Waals surface area contributed by atoms with E-state index < -0.39 is 23.1 Å². The van der Waals surface area contributed by atoms with Crippen LogP contribution in [-0.2, 0) is 10.7 Å². The highest BCUT2D eigenvalue weighted by Crippen LogP contribution is 2.38. The van der Waals surface area contributed by atoms with Crippen LogP contribution in [0.1, 0.15) is 5.56 Å². The number of rotatable bonds is 2. The molecule has 6 N–H and O–H groups in total. The van der Waals surface area contributed by atoms with Crippen LogP contribution in [0.3, 0.4) is 0 Å². The number of anilines is 1. The van der Waals surface area contributed by atoms with Crippen LogP contribution in [0.15, 0.2) is 12.1 Å². The number of hydrogen-bond acceptors (Lipinski definition) is 3. The second-order valence-electron chi connectivity index (χ2n) is 2.73. The van der Waals surface area contributed by atoms with Crippen LogP contribution in [-0.4, -0.2) is 11.1 Å². The molecule has 0 aromatic heterocycles. The number of carboxylic acids is 1. The molecule has 1 aromatic carbocycles. The molecule has 0 heterocycles. The second-order valence-corrected chi connectivity index (χ2v) is 3.57. The SMILES string of the molecule is N.Nc1c(Cl)cc(Cl)cc1C(F)(F)C(=O)O. The number of hydrogen-bond donors (Lipinski definition) is 3. The average Bonchev–Trinajstić information content (AvgIpc) is 2.10. The van der Waals surface area contributed by atoms with Crippen molar-refractivity contribution in [2.45, 2.75) is 5.92 Å². The van der Waals surface area contributed by atoms with Gasteiger partial charge in [0.25, 0.3) is 0 Å². The van der Waals surface area contributed by atoms with E-state index in [-0.39, 0.29) is 16.2 Å². The summed E-state index contributed by atoms with van der Waals surface area (Å²) in [7, 11) is 0. The summed E-state index contributed by atoms with van der Waals surface area (Å²) in [6, 6.07) is 1.93. The van der Waals surface area contributed by atoms with E-state index in [1.54, 1.807) is 0 Å². The predicted molar refractivity (Wildman–Crippen MR) is 57.4 cm³/mol. The van der Waals surface area contributed by atoms with Crippen LogP contribution in [0.4, 0.5) is 14.5 Å².